The van der Waals surface area contributed by atoms with Crippen LogP contribution < -0.4 is 21.2 Å². The van der Waals surface area contributed by atoms with E-state index in [9.17, 15) is 71.1 Å². The third kappa shape index (κ3) is 15.8. The van der Waals surface area contributed by atoms with E-state index in [-0.39, 0.29) is 262 Å². The molecule has 3 aromatic rings. The number of hydrogen-bond donors (Lipinski definition) is 7. The van der Waals surface area contributed by atoms with Crippen molar-refractivity contribution in [2.45, 2.75) is 26.5 Å². The van der Waals surface area contributed by atoms with Crippen molar-refractivity contribution in [3.05, 3.63) is 87.4 Å². The van der Waals surface area contributed by atoms with Gasteiger partial charge in [0, 0.05) is 271 Å². The van der Waals surface area contributed by atoms with E-state index in [2.05, 4.69) is 20.8 Å². The standard InChI is InChI=1S/C28H26N6O16S4.5K/c1-14(4-8-17-23(25(35)29-2)31-33(27(17)37)19-12-15(51(39,40)41)6-10-21(19)53(45,46)47)5-9-18-24(26(36)30-3)32-34(28(18)38)20-13-16(52(42,43)44)7-11-22(20)54(48,49)50;;;;;/h4-13,31H,1-3H3,(H,29,35)(H,30,36)(H,39,40,41)(H,42,43,44)(H,45,46,47)(H,48,49,50);;;;;. The van der Waals surface area contributed by atoms with Gasteiger partial charge in [-0.3, -0.25) is 42.5 Å². The molecule has 5 radical (unpaired) electrons. The summed E-state index contributed by atoms with van der Waals surface area (Å²) in [5.74, 6) is -3.13. The van der Waals surface area contributed by atoms with Gasteiger partial charge in [-0.1, -0.05) is 17.7 Å². The monoisotopic (exact) mass is 1020 g/mol. The molecular weight excluding hydrogens is 1000 g/mol. The molecule has 22 nitrogen and oxygen atoms in total. The summed E-state index contributed by atoms with van der Waals surface area (Å²) in [6.45, 7) is 1.39. The number of allylic oxidation sites excluding steroid dienone is 4. The molecule has 0 fully saturated rings. The summed E-state index contributed by atoms with van der Waals surface area (Å²) in [4.78, 5) is 48.7. The molecule has 1 aliphatic heterocycles. The van der Waals surface area contributed by atoms with Crippen LogP contribution in [-0.4, -0.2) is 356 Å². The third-order valence-corrected chi connectivity index (χ3v) is 10.7. The number of aromatic nitrogens is 2. The van der Waals surface area contributed by atoms with Gasteiger partial charge in [0.05, 0.1) is 32.3 Å². The summed E-state index contributed by atoms with van der Waals surface area (Å²) in [7, 11) is -17.9. The first-order chi connectivity index (χ1) is 24.8. The minimum atomic E-state index is -5.15. The minimum Gasteiger partial charge on any atom is -0.354 e. The number of nitrogens with one attached hydrogen (secondary N) is 3. The van der Waals surface area contributed by atoms with Crippen molar-refractivity contribution in [3.63, 3.8) is 0 Å². The zero-order chi connectivity index (χ0) is 40.7. The summed E-state index contributed by atoms with van der Waals surface area (Å²) in [6.07, 6.45) is 4.43. The fraction of sp³-hybridized carbons (Fsp3) is 0.107. The summed E-state index contributed by atoms with van der Waals surface area (Å²) in [6, 6.07) is 3.48. The van der Waals surface area contributed by atoms with Crippen LogP contribution in [0.3, 0.4) is 0 Å². The fourth-order valence-electron chi connectivity index (χ4n) is 4.66. The molecule has 0 saturated heterocycles. The third-order valence-electron chi connectivity index (χ3n) is 7.21. The van der Waals surface area contributed by atoms with E-state index in [1.807, 2.05) is 0 Å². The van der Waals surface area contributed by atoms with E-state index in [1.165, 1.54) is 26.1 Å². The van der Waals surface area contributed by atoms with Gasteiger partial charge in [-0.2, -0.15) is 43.8 Å². The van der Waals surface area contributed by atoms with Crippen molar-refractivity contribution in [2.24, 2.45) is 5.10 Å². The van der Waals surface area contributed by atoms with Gasteiger partial charge in [0.2, 0.25) is 0 Å². The van der Waals surface area contributed by atoms with E-state index in [4.69, 9.17) is 0 Å². The molecule has 293 valence electrons. The van der Waals surface area contributed by atoms with Gasteiger partial charge in [-0.05, 0) is 55.5 Å². The van der Waals surface area contributed by atoms with Gasteiger partial charge < -0.3 is 10.6 Å². The van der Waals surface area contributed by atoms with Gasteiger partial charge in [0.15, 0.2) is 5.71 Å². The van der Waals surface area contributed by atoms with Crippen LogP contribution in [-0.2, 0) is 50.1 Å². The molecular formula is C28H26K5N6O16S4. The van der Waals surface area contributed by atoms with E-state index < -0.39 is 117 Å². The van der Waals surface area contributed by atoms with Crippen molar-refractivity contribution in [2.75, 3.05) is 19.1 Å². The molecule has 1 aliphatic rings. The first kappa shape index (κ1) is 63.7. The van der Waals surface area contributed by atoms with Crippen LogP contribution in [0.4, 0.5) is 5.69 Å². The van der Waals surface area contributed by atoms with E-state index in [0.717, 1.165) is 19.2 Å². The molecule has 0 spiro atoms. The van der Waals surface area contributed by atoms with Crippen LogP contribution in [0.2, 0.25) is 0 Å². The van der Waals surface area contributed by atoms with Crippen molar-refractivity contribution in [1.29, 1.82) is 0 Å². The molecule has 2 heterocycles. The topological polar surface area (TPSA) is 346 Å². The van der Waals surface area contributed by atoms with Gasteiger partial charge in [-0.25, -0.2) is 4.68 Å². The second kappa shape index (κ2) is 25.6. The zero-order valence-corrected chi connectivity index (χ0v) is 51.3. The summed E-state index contributed by atoms with van der Waals surface area (Å²) in [5.41, 5.74) is -4.73. The zero-order valence-electron chi connectivity index (χ0n) is 32.4. The Morgan fingerprint density at radius 1 is 0.712 bits per heavy atom. The van der Waals surface area contributed by atoms with Crippen LogP contribution in [0.1, 0.15) is 23.0 Å². The number of benzene rings is 2. The number of amides is 3. The largest absolute Gasteiger partial charge is 0.354 e. The van der Waals surface area contributed by atoms with Gasteiger partial charge in [0.1, 0.15) is 15.5 Å². The Hall–Kier alpha value is 2.57. The number of H-pyrrole nitrogens is 1. The Labute approximate surface area is 549 Å². The summed E-state index contributed by atoms with van der Waals surface area (Å²) in [5, 5.41) is 10.9. The predicted molar refractivity (Wildman–Crippen MR) is 214 cm³/mol. The number of hydrogen-bond acceptors (Lipinski definition) is 13. The van der Waals surface area contributed by atoms with Crippen molar-refractivity contribution >= 4 is 333 Å². The van der Waals surface area contributed by atoms with E-state index >= 15 is 0 Å². The molecule has 0 saturated carbocycles. The molecule has 0 atom stereocenters. The molecule has 0 unspecified atom stereocenters. The Kier molecular flexibility index (Phi) is 27.7. The Morgan fingerprint density at radius 2 is 1.17 bits per heavy atom. The van der Waals surface area contributed by atoms with Crippen molar-refractivity contribution in [1.82, 2.24) is 20.4 Å². The van der Waals surface area contributed by atoms with Crippen LogP contribution >= 0.6 is 0 Å². The number of rotatable bonds is 11. The van der Waals surface area contributed by atoms with Gasteiger partial charge >= 0.3 is 0 Å². The first-order valence-electron chi connectivity index (χ1n) is 14.3. The SMILES string of the molecule is CNC(=O)C1=NN(c2cc(S(=O)(=O)O)ccc2S(=O)(=O)O)C(=O)C1=CC=C(C)C=Cc1c(C(=O)NC)[nH]n(-c2cc(S(=O)(=O)O)ccc2S(=O)(=O)O)c1=O.[K].[K].[K].[K].[K]. The van der Waals surface area contributed by atoms with E-state index in [0.29, 0.717) is 46.1 Å². The molecule has 0 aliphatic carbocycles. The van der Waals surface area contributed by atoms with Gasteiger partial charge in [-0.15, -0.1) is 0 Å². The molecule has 3 amide bonds. The normalized spacial score (nSPS) is 13.9. The number of aromatic amines is 1. The van der Waals surface area contributed by atoms with Crippen LogP contribution in [0.5, 0.6) is 0 Å². The summed E-state index contributed by atoms with van der Waals surface area (Å²) >= 11 is 0. The van der Waals surface area contributed by atoms with Crippen molar-refractivity contribution in [3.8, 4) is 5.69 Å². The number of anilines is 1. The maximum absolute atomic E-state index is 13.5. The second-order valence-corrected chi connectivity index (χ2v) is 16.4. The van der Waals surface area contributed by atoms with Crippen LogP contribution in [0.25, 0.3) is 11.8 Å². The minimum absolute atomic E-state index is 0. The summed E-state index contributed by atoms with van der Waals surface area (Å²) < 4.78 is 134. The quantitative estimate of drug-likeness (QED) is 0.0457. The smallest absolute Gasteiger partial charge is 0.296 e. The average molecular weight is 1030 g/mol. The Balaban J connectivity index is 0. The van der Waals surface area contributed by atoms with Gasteiger partial charge in [0.25, 0.3) is 63.8 Å². The maximum Gasteiger partial charge on any atom is 0.296 e. The van der Waals surface area contributed by atoms with Crippen LogP contribution in [0, 0.1) is 0 Å². The van der Waals surface area contributed by atoms with Crippen LogP contribution in [0.15, 0.2) is 95.3 Å². The average Bonchev–Trinajstić information content (AvgIpc) is 3.58. The molecule has 1 aromatic heterocycles. The molecule has 59 heavy (non-hydrogen) atoms. The maximum atomic E-state index is 13.5. The number of nitrogens with zero attached hydrogens (tertiary/aromatic N) is 3. The molecule has 7 N–H and O–H groups in total. The van der Waals surface area contributed by atoms with E-state index in [1.54, 1.807) is 0 Å². The van der Waals surface area contributed by atoms with Crippen molar-refractivity contribution < 1.29 is 66.3 Å². The first-order valence-corrected chi connectivity index (χ1v) is 20.0. The predicted octanol–water partition coefficient (Wildman–Crippen LogP) is -2.36. The second-order valence-electron chi connectivity index (χ2n) is 10.7. The Morgan fingerprint density at radius 3 is 1.61 bits per heavy atom. The molecule has 0 bridgehead atoms. The molecule has 2 aromatic carbocycles. The number of carbonyl (C=O) groups excluding carboxylic acids is 3. The molecule has 4 rings (SSSR count). The Bertz CT molecular complexity index is 2800. The number of hydrazone groups is 1. The fourth-order valence-corrected chi connectivity index (χ4v) is 6.97. The number of carbonyl (C=O) groups is 3. The molecule has 31 heteroatoms.